The summed E-state index contributed by atoms with van der Waals surface area (Å²) in [5.41, 5.74) is 0. The molecule has 57 heavy (non-hydrogen) atoms. The molecule has 0 aromatic heterocycles. The standard InChI is InChI=1S/C42H75O14P/c1-3-5-7-8-9-10-11-12-13-14-15-16-22-26-41(48)55-36(33-54-57(50,51)53-31-35(45)30-43)32-52-40(47)25-21-18-17-20-24-37-38(46)29-42(49)56-39(37)28-27-34(44)23-19-6-4-2/h10-11,17,20,27-28,34-39,42-46,49H,3-9,12-16,18-19,21-26,29-33H2,1-2H3,(H,50,51)/b11-10-,20-17-,28-27+/t34-,35-,36+,37-,38-,39+,42?/m0/s1. The van der Waals surface area contributed by atoms with Crippen molar-refractivity contribution in [2.75, 3.05) is 26.4 Å². The van der Waals surface area contributed by atoms with Gasteiger partial charge in [-0.2, -0.15) is 0 Å². The van der Waals surface area contributed by atoms with Gasteiger partial charge in [0.25, 0.3) is 0 Å². The van der Waals surface area contributed by atoms with Crippen LogP contribution in [0.4, 0.5) is 0 Å². The van der Waals surface area contributed by atoms with Gasteiger partial charge < -0.3 is 44.6 Å². The summed E-state index contributed by atoms with van der Waals surface area (Å²) in [5.74, 6) is -1.46. The Hall–Kier alpha value is -1.97. The molecule has 1 saturated heterocycles. The zero-order valence-corrected chi connectivity index (χ0v) is 35.5. The second kappa shape index (κ2) is 33.8. The number of aliphatic hydroxyl groups excluding tert-OH is 5. The van der Waals surface area contributed by atoms with Crippen LogP contribution < -0.4 is 0 Å². The SMILES string of the molecule is CCCCCC/C=C\CCCCCCCC(=O)O[C@H](COC(=O)CCC/C=C\C[C@H]1[C@@H](O)CC(O)O[C@@H]1/C=C/[C@@H](O)CCCCC)COP(=O)(O)OC[C@@H](O)CO. The number of phosphoric acid groups is 1. The number of hydrogen-bond donors (Lipinski definition) is 6. The van der Waals surface area contributed by atoms with Gasteiger partial charge in [-0.3, -0.25) is 18.6 Å². The van der Waals surface area contributed by atoms with Crippen LogP contribution in [0.5, 0.6) is 0 Å². The summed E-state index contributed by atoms with van der Waals surface area (Å²) in [6, 6.07) is 0. The molecule has 2 unspecified atom stereocenters. The minimum absolute atomic E-state index is 0.0455. The van der Waals surface area contributed by atoms with Gasteiger partial charge in [0, 0.05) is 25.2 Å². The van der Waals surface area contributed by atoms with Crippen LogP contribution in [0.15, 0.2) is 36.5 Å². The molecular weight excluding hydrogens is 759 g/mol. The average molecular weight is 835 g/mol. The summed E-state index contributed by atoms with van der Waals surface area (Å²) >= 11 is 0. The number of unbranched alkanes of at least 4 members (excludes halogenated alkanes) is 12. The third kappa shape index (κ3) is 29.0. The van der Waals surface area contributed by atoms with Gasteiger partial charge in [-0.1, -0.05) is 108 Å². The topological polar surface area (TPSA) is 219 Å². The first kappa shape index (κ1) is 53.0. The monoisotopic (exact) mass is 834 g/mol. The van der Waals surface area contributed by atoms with E-state index in [0.717, 1.165) is 57.8 Å². The zero-order chi connectivity index (χ0) is 42.2. The number of rotatable bonds is 35. The molecule has 1 rings (SSSR count). The van der Waals surface area contributed by atoms with E-state index in [0.29, 0.717) is 32.1 Å². The maximum Gasteiger partial charge on any atom is 0.472 e. The second-order valence-corrected chi connectivity index (χ2v) is 16.3. The normalized spacial score (nSPS) is 21.5. The highest BCUT2D eigenvalue weighted by Gasteiger charge is 2.35. The van der Waals surface area contributed by atoms with Gasteiger partial charge in [0.1, 0.15) is 12.7 Å². The van der Waals surface area contributed by atoms with Crippen LogP contribution >= 0.6 is 7.82 Å². The molecule has 0 aromatic carbocycles. The molecule has 0 saturated carbocycles. The Bertz CT molecular complexity index is 1160. The summed E-state index contributed by atoms with van der Waals surface area (Å²) < 4.78 is 38.3. The molecule has 1 aliphatic rings. The van der Waals surface area contributed by atoms with Crippen LogP contribution in [-0.2, 0) is 37.4 Å². The van der Waals surface area contributed by atoms with E-state index in [1.807, 2.05) is 12.2 Å². The van der Waals surface area contributed by atoms with Gasteiger partial charge in [0.15, 0.2) is 12.4 Å². The Balaban J connectivity index is 2.53. The largest absolute Gasteiger partial charge is 0.472 e. The molecule has 1 aliphatic heterocycles. The first-order chi connectivity index (χ1) is 27.4. The maximum absolute atomic E-state index is 12.6. The number of phosphoric ester groups is 1. The molecule has 0 amide bonds. The summed E-state index contributed by atoms with van der Waals surface area (Å²) in [5, 5.41) is 49.2. The minimum Gasteiger partial charge on any atom is -0.462 e. The first-order valence-electron chi connectivity index (χ1n) is 21.3. The predicted octanol–water partition coefficient (Wildman–Crippen LogP) is 6.88. The zero-order valence-electron chi connectivity index (χ0n) is 34.6. The van der Waals surface area contributed by atoms with Crippen molar-refractivity contribution in [3.8, 4) is 0 Å². The summed E-state index contributed by atoms with van der Waals surface area (Å²) in [6.45, 7) is 1.92. The van der Waals surface area contributed by atoms with Gasteiger partial charge in [0.2, 0.25) is 0 Å². The molecule has 8 atom stereocenters. The molecule has 15 heteroatoms. The van der Waals surface area contributed by atoms with E-state index >= 15 is 0 Å². The number of carbonyl (C=O) groups excluding carboxylic acids is 2. The molecule has 1 heterocycles. The van der Waals surface area contributed by atoms with Gasteiger partial charge in [0.05, 0.1) is 38.1 Å². The molecule has 14 nitrogen and oxygen atoms in total. The third-order valence-corrected chi connectivity index (χ3v) is 10.5. The van der Waals surface area contributed by atoms with Crippen molar-refractivity contribution in [2.45, 2.75) is 185 Å². The molecule has 6 N–H and O–H groups in total. The summed E-state index contributed by atoms with van der Waals surface area (Å²) in [4.78, 5) is 35.1. The van der Waals surface area contributed by atoms with Crippen LogP contribution in [0.1, 0.15) is 149 Å². The number of aliphatic hydroxyl groups is 5. The number of allylic oxidation sites excluding steroid dienone is 4. The summed E-state index contributed by atoms with van der Waals surface area (Å²) in [7, 11) is -4.69. The van der Waals surface area contributed by atoms with Gasteiger partial charge in [-0.15, -0.1) is 0 Å². The van der Waals surface area contributed by atoms with Gasteiger partial charge >= 0.3 is 19.8 Å². The van der Waals surface area contributed by atoms with Crippen molar-refractivity contribution in [1.29, 1.82) is 0 Å². The van der Waals surface area contributed by atoms with E-state index in [1.54, 1.807) is 12.2 Å². The number of esters is 2. The Kier molecular flexibility index (Phi) is 31.5. The number of hydrogen-bond acceptors (Lipinski definition) is 13. The lowest BCUT2D eigenvalue weighted by Crippen LogP contribution is -2.43. The minimum atomic E-state index is -4.69. The average Bonchev–Trinajstić information content (AvgIpc) is 3.18. The highest BCUT2D eigenvalue weighted by Crippen LogP contribution is 2.43. The van der Waals surface area contributed by atoms with Crippen LogP contribution in [0.2, 0.25) is 0 Å². The number of ether oxygens (including phenoxy) is 3. The van der Waals surface area contributed by atoms with E-state index in [2.05, 4.69) is 30.5 Å². The van der Waals surface area contributed by atoms with Crippen molar-refractivity contribution >= 4 is 19.8 Å². The molecule has 0 aromatic rings. The van der Waals surface area contributed by atoms with Crippen LogP contribution in [0, 0.1) is 5.92 Å². The quantitative estimate of drug-likeness (QED) is 0.0166. The van der Waals surface area contributed by atoms with Gasteiger partial charge in [-0.05, 0) is 57.8 Å². The number of carbonyl (C=O) groups is 2. The Labute approximate surface area is 341 Å². The Morgan fingerprint density at radius 1 is 0.772 bits per heavy atom. The Morgan fingerprint density at radius 3 is 2.07 bits per heavy atom. The lowest BCUT2D eigenvalue weighted by molar-refractivity contribution is -0.199. The molecule has 0 radical (unpaired) electrons. The highest BCUT2D eigenvalue weighted by molar-refractivity contribution is 7.47. The molecule has 0 aliphatic carbocycles. The Morgan fingerprint density at radius 2 is 1.37 bits per heavy atom. The van der Waals surface area contributed by atoms with Crippen LogP contribution in [0.3, 0.4) is 0 Å². The molecule has 332 valence electrons. The van der Waals surface area contributed by atoms with Crippen LogP contribution in [-0.4, -0.2) is 106 Å². The maximum atomic E-state index is 12.6. The molecule has 0 spiro atoms. The molecule has 1 fully saturated rings. The lowest BCUT2D eigenvalue weighted by atomic mass is 9.87. The lowest BCUT2D eigenvalue weighted by Gasteiger charge is -2.36. The van der Waals surface area contributed by atoms with E-state index in [-0.39, 0.29) is 25.2 Å². The van der Waals surface area contributed by atoms with E-state index in [4.69, 9.17) is 23.8 Å². The fourth-order valence-electron chi connectivity index (χ4n) is 6.14. The highest BCUT2D eigenvalue weighted by atomic mass is 31.2. The summed E-state index contributed by atoms with van der Waals surface area (Å²) in [6.07, 6.45) is 23.0. The smallest absolute Gasteiger partial charge is 0.462 e. The van der Waals surface area contributed by atoms with E-state index in [9.17, 15) is 39.5 Å². The van der Waals surface area contributed by atoms with Crippen LogP contribution in [0.25, 0.3) is 0 Å². The van der Waals surface area contributed by atoms with E-state index < -0.39 is 83.0 Å². The third-order valence-electron chi connectivity index (χ3n) is 9.56. The first-order valence-corrected chi connectivity index (χ1v) is 22.8. The van der Waals surface area contributed by atoms with Gasteiger partial charge in [-0.25, -0.2) is 4.57 Å². The predicted molar refractivity (Wildman–Crippen MR) is 218 cm³/mol. The van der Waals surface area contributed by atoms with Crippen molar-refractivity contribution in [3.63, 3.8) is 0 Å². The van der Waals surface area contributed by atoms with Crippen molar-refractivity contribution in [3.05, 3.63) is 36.5 Å². The van der Waals surface area contributed by atoms with Crippen molar-refractivity contribution in [2.24, 2.45) is 5.92 Å². The fourth-order valence-corrected chi connectivity index (χ4v) is 6.93. The molecule has 0 bridgehead atoms. The fraction of sp³-hybridized carbons (Fsp3) is 0.810. The van der Waals surface area contributed by atoms with E-state index in [1.165, 1.54) is 25.7 Å². The second-order valence-electron chi connectivity index (χ2n) is 14.9. The van der Waals surface area contributed by atoms with Crippen molar-refractivity contribution < 1.29 is 67.8 Å². The van der Waals surface area contributed by atoms with Crippen molar-refractivity contribution in [1.82, 2.24) is 0 Å². The molecular formula is C42H75O14P.